The molecule has 2 heteroatoms. The lowest BCUT2D eigenvalue weighted by molar-refractivity contribution is 0.0286. The van der Waals surface area contributed by atoms with Crippen LogP contribution >= 0.6 is 0 Å². The maximum Gasteiger partial charge on any atom is 0.0672 e. The summed E-state index contributed by atoms with van der Waals surface area (Å²) in [7, 11) is 0. The third-order valence-electron chi connectivity index (χ3n) is 4.58. The molecule has 2 saturated carbocycles. The van der Waals surface area contributed by atoms with Crippen LogP contribution in [0.3, 0.4) is 0 Å². The van der Waals surface area contributed by atoms with E-state index in [2.05, 4.69) is 12.2 Å². The number of hydrogen-bond acceptors (Lipinski definition) is 2. The molecule has 1 aliphatic heterocycles. The topological polar surface area (TPSA) is 21.3 Å². The molecule has 0 spiro atoms. The van der Waals surface area contributed by atoms with Crippen LogP contribution in [0.4, 0.5) is 0 Å². The Labute approximate surface area is 92.8 Å². The van der Waals surface area contributed by atoms with E-state index in [0.717, 1.165) is 18.6 Å². The van der Waals surface area contributed by atoms with Gasteiger partial charge in [-0.2, -0.15) is 0 Å². The van der Waals surface area contributed by atoms with Crippen LogP contribution in [0.15, 0.2) is 0 Å². The van der Waals surface area contributed by atoms with Gasteiger partial charge in [-0.05, 0) is 44.4 Å². The summed E-state index contributed by atoms with van der Waals surface area (Å²) in [5.74, 6) is 0.897. The van der Waals surface area contributed by atoms with Gasteiger partial charge in [-0.15, -0.1) is 0 Å². The molecule has 2 atom stereocenters. The fourth-order valence-corrected chi connectivity index (χ4v) is 3.07. The molecule has 1 N–H and O–H groups in total. The first kappa shape index (κ1) is 10.1. The van der Waals surface area contributed by atoms with Crippen LogP contribution in [-0.4, -0.2) is 25.3 Å². The van der Waals surface area contributed by atoms with Crippen molar-refractivity contribution in [2.24, 2.45) is 11.3 Å². The summed E-state index contributed by atoms with van der Waals surface area (Å²) in [5, 5.41) is 3.72. The van der Waals surface area contributed by atoms with Crippen molar-refractivity contribution in [3.05, 3.63) is 0 Å². The summed E-state index contributed by atoms with van der Waals surface area (Å²) in [6.45, 7) is 4.55. The van der Waals surface area contributed by atoms with Crippen molar-refractivity contribution in [1.82, 2.24) is 5.32 Å². The fraction of sp³-hybridized carbons (Fsp3) is 1.00. The molecule has 86 valence electrons. The minimum absolute atomic E-state index is 0.476. The van der Waals surface area contributed by atoms with Gasteiger partial charge in [0.05, 0.1) is 6.10 Å². The van der Waals surface area contributed by atoms with E-state index in [-0.39, 0.29) is 0 Å². The second-order valence-corrected chi connectivity index (χ2v) is 5.75. The molecule has 0 aromatic heterocycles. The van der Waals surface area contributed by atoms with Crippen molar-refractivity contribution >= 4 is 0 Å². The van der Waals surface area contributed by atoms with Crippen LogP contribution in [0.1, 0.15) is 45.4 Å². The van der Waals surface area contributed by atoms with Gasteiger partial charge in [-0.25, -0.2) is 0 Å². The molecule has 1 heterocycles. The zero-order chi connectivity index (χ0) is 10.3. The van der Waals surface area contributed by atoms with Crippen LogP contribution in [-0.2, 0) is 4.74 Å². The lowest BCUT2D eigenvalue weighted by atomic mass is 9.76. The first-order chi connectivity index (χ1) is 7.34. The van der Waals surface area contributed by atoms with E-state index in [1.54, 1.807) is 0 Å². The second kappa shape index (κ2) is 3.74. The molecule has 0 radical (unpaired) electrons. The van der Waals surface area contributed by atoms with Gasteiger partial charge >= 0.3 is 0 Å². The molecule has 0 aromatic carbocycles. The van der Waals surface area contributed by atoms with E-state index < -0.39 is 0 Å². The highest BCUT2D eigenvalue weighted by Crippen LogP contribution is 2.49. The minimum atomic E-state index is 0.476. The average Bonchev–Trinajstić information content (AvgIpc) is 3.15. The van der Waals surface area contributed by atoms with Crippen LogP contribution in [0, 0.1) is 11.3 Å². The highest BCUT2D eigenvalue weighted by molar-refractivity contribution is 5.01. The molecule has 3 rings (SSSR count). The highest BCUT2D eigenvalue weighted by Gasteiger charge is 2.49. The maximum atomic E-state index is 6.00. The van der Waals surface area contributed by atoms with Crippen molar-refractivity contribution in [2.45, 2.75) is 57.6 Å². The quantitative estimate of drug-likeness (QED) is 0.750. The van der Waals surface area contributed by atoms with E-state index in [9.17, 15) is 0 Å². The Hall–Kier alpha value is -0.0800. The molecule has 1 saturated heterocycles. The lowest BCUT2D eigenvalue weighted by Crippen LogP contribution is -2.42. The first-order valence-corrected chi connectivity index (χ1v) is 6.69. The number of hydrogen-bond donors (Lipinski definition) is 1. The predicted molar refractivity (Wildman–Crippen MR) is 60.8 cm³/mol. The summed E-state index contributed by atoms with van der Waals surface area (Å²) in [4.78, 5) is 0. The Morgan fingerprint density at radius 2 is 2.07 bits per heavy atom. The number of ether oxygens (including phenoxy) is 1. The minimum Gasteiger partial charge on any atom is -0.377 e. The second-order valence-electron chi connectivity index (χ2n) is 5.75. The fourth-order valence-electron chi connectivity index (χ4n) is 3.07. The molecule has 15 heavy (non-hydrogen) atoms. The summed E-state index contributed by atoms with van der Waals surface area (Å²) in [6, 6.07) is 0.842. The average molecular weight is 209 g/mol. The van der Waals surface area contributed by atoms with E-state index in [4.69, 9.17) is 4.74 Å². The molecular formula is C13H23NO. The molecule has 0 bridgehead atoms. The zero-order valence-corrected chi connectivity index (χ0v) is 9.80. The first-order valence-electron chi connectivity index (χ1n) is 6.69. The lowest BCUT2D eigenvalue weighted by Gasteiger charge is -2.33. The Balaban J connectivity index is 1.64. The van der Waals surface area contributed by atoms with Crippen LogP contribution in [0.25, 0.3) is 0 Å². The molecule has 2 unspecified atom stereocenters. The van der Waals surface area contributed by atoms with E-state index >= 15 is 0 Å². The van der Waals surface area contributed by atoms with Gasteiger partial charge in [-0.1, -0.05) is 6.92 Å². The van der Waals surface area contributed by atoms with Crippen molar-refractivity contribution in [1.29, 1.82) is 0 Å². The van der Waals surface area contributed by atoms with Gasteiger partial charge in [0.25, 0.3) is 0 Å². The third kappa shape index (κ3) is 1.94. The van der Waals surface area contributed by atoms with Gasteiger partial charge < -0.3 is 10.1 Å². The summed E-state index contributed by atoms with van der Waals surface area (Å²) < 4.78 is 6.00. The molecule has 3 fully saturated rings. The summed E-state index contributed by atoms with van der Waals surface area (Å²) in [6.07, 6.45) is 8.77. The molecule has 2 nitrogen and oxygen atoms in total. The molecule has 0 aromatic rings. The summed E-state index contributed by atoms with van der Waals surface area (Å²) in [5.41, 5.74) is 0.476. The monoisotopic (exact) mass is 209 g/mol. The Bertz CT molecular complexity index is 235. The highest BCUT2D eigenvalue weighted by atomic mass is 16.5. The van der Waals surface area contributed by atoms with Crippen molar-refractivity contribution in [3.8, 4) is 0 Å². The molecular weight excluding hydrogens is 186 g/mol. The van der Waals surface area contributed by atoms with Gasteiger partial charge in [0.15, 0.2) is 0 Å². The Morgan fingerprint density at radius 3 is 2.67 bits per heavy atom. The number of rotatable bonds is 5. The SMILES string of the molecule is CCC1(CNC2CC2)CCOC1C1CC1. The van der Waals surface area contributed by atoms with E-state index in [1.165, 1.54) is 45.1 Å². The standard InChI is InChI=1S/C13H23NO/c1-2-13(9-14-11-5-6-11)7-8-15-12(13)10-3-4-10/h10-12,14H,2-9H2,1H3. The largest absolute Gasteiger partial charge is 0.377 e. The van der Waals surface area contributed by atoms with Gasteiger partial charge in [-0.3, -0.25) is 0 Å². The van der Waals surface area contributed by atoms with Gasteiger partial charge in [0, 0.05) is 24.6 Å². The zero-order valence-electron chi connectivity index (χ0n) is 9.80. The smallest absolute Gasteiger partial charge is 0.0672 e. The van der Waals surface area contributed by atoms with Gasteiger partial charge in [0.2, 0.25) is 0 Å². The van der Waals surface area contributed by atoms with E-state index in [0.29, 0.717) is 11.5 Å². The normalized spacial score (nSPS) is 41.0. The van der Waals surface area contributed by atoms with Crippen LogP contribution in [0.2, 0.25) is 0 Å². The van der Waals surface area contributed by atoms with E-state index in [1.807, 2.05) is 0 Å². The Kier molecular flexibility index (Phi) is 2.52. The molecule has 0 amide bonds. The molecule has 3 aliphatic rings. The van der Waals surface area contributed by atoms with Crippen LogP contribution in [0.5, 0.6) is 0 Å². The Morgan fingerprint density at radius 1 is 1.27 bits per heavy atom. The number of nitrogens with one attached hydrogen (secondary N) is 1. The molecule has 2 aliphatic carbocycles. The third-order valence-corrected chi connectivity index (χ3v) is 4.58. The van der Waals surface area contributed by atoms with Gasteiger partial charge in [0.1, 0.15) is 0 Å². The summed E-state index contributed by atoms with van der Waals surface area (Å²) >= 11 is 0. The maximum absolute atomic E-state index is 6.00. The predicted octanol–water partition coefficient (Wildman–Crippen LogP) is 2.33. The van der Waals surface area contributed by atoms with Crippen LogP contribution < -0.4 is 5.32 Å². The van der Waals surface area contributed by atoms with Crippen molar-refractivity contribution in [3.63, 3.8) is 0 Å². The van der Waals surface area contributed by atoms with Crippen molar-refractivity contribution < 1.29 is 4.74 Å². The van der Waals surface area contributed by atoms with Crippen molar-refractivity contribution in [2.75, 3.05) is 13.2 Å².